The number of likely N-dealkylation sites (tertiary alicyclic amines) is 1. The van der Waals surface area contributed by atoms with E-state index in [9.17, 15) is 18.0 Å². The second-order valence-electron chi connectivity index (χ2n) is 7.37. The van der Waals surface area contributed by atoms with Gasteiger partial charge in [-0.15, -0.1) is 0 Å². The average Bonchev–Trinajstić information content (AvgIpc) is 2.72. The molecule has 10 heteroatoms. The Balaban J connectivity index is 0.000000396. The summed E-state index contributed by atoms with van der Waals surface area (Å²) in [6.07, 6.45) is 0.275. The number of alkyl halides is 3. The molecule has 0 saturated carbocycles. The third-order valence-corrected chi connectivity index (χ3v) is 5.24. The number of carbonyl (C=O) groups excluding carboxylic acids is 1. The maximum atomic E-state index is 12.7. The number of aliphatic carboxylic acids is 1. The molecule has 0 bridgehead atoms. The summed E-state index contributed by atoms with van der Waals surface area (Å²) in [5.74, 6) is -2.60. The molecule has 2 unspecified atom stereocenters. The minimum absolute atomic E-state index is 0.0354. The lowest BCUT2D eigenvalue weighted by molar-refractivity contribution is -0.192. The Labute approximate surface area is 173 Å². The molecule has 0 spiro atoms. The zero-order valence-corrected chi connectivity index (χ0v) is 16.9. The summed E-state index contributed by atoms with van der Waals surface area (Å²) in [4.78, 5) is 27.8. The van der Waals surface area contributed by atoms with Gasteiger partial charge in [-0.05, 0) is 38.3 Å². The molecular weight excluding hydrogens is 405 g/mol. The molecule has 2 fully saturated rings. The second-order valence-corrected chi connectivity index (χ2v) is 7.37. The van der Waals surface area contributed by atoms with E-state index in [2.05, 4.69) is 4.98 Å². The van der Waals surface area contributed by atoms with Crippen LogP contribution in [0.2, 0.25) is 0 Å². The smallest absolute Gasteiger partial charge is 0.475 e. The minimum atomic E-state index is -5.08. The molecule has 2 aliphatic rings. The number of aromatic nitrogens is 1. The van der Waals surface area contributed by atoms with Gasteiger partial charge in [0, 0.05) is 43.6 Å². The summed E-state index contributed by atoms with van der Waals surface area (Å²) >= 11 is 0. The van der Waals surface area contributed by atoms with E-state index >= 15 is 0 Å². The van der Waals surface area contributed by atoms with Gasteiger partial charge in [0.15, 0.2) is 0 Å². The predicted molar refractivity (Wildman–Crippen MR) is 101 cm³/mol. The topological polar surface area (TPSA) is 89.0 Å². The average molecular weight is 432 g/mol. The van der Waals surface area contributed by atoms with Crippen LogP contribution in [0.4, 0.5) is 13.2 Å². The Morgan fingerprint density at radius 1 is 1.40 bits per heavy atom. The van der Waals surface area contributed by atoms with Crippen LogP contribution >= 0.6 is 0 Å². The van der Waals surface area contributed by atoms with Crippen molar-refractivity contribution >= 4 is 11.9 Å². The summed E-state index contributed by atoms with van der Waals surface area (Å²) < 4.78 is 43.5. The molecule has 2 saturated heterocycles. The lowest BCUT2D eigenvalue weighted by Gasteiger charge is -2.50. The SMILES string of the molecule is CCOCC12CCCOC1CCN(C(=O)Cc1ccccn1)C2.O=C(O)C(F)(F)F. The van der Waals surface area contributed by atoms with Crippen molar-refractivity contribution in [3.8, 4) is 0 Å². The molecule has 0 aromatic carbocycles. The number of pyridine rings is 1. The zero-order valence-electron chi connectivity index (χ0n) is 16.9. The first-order valence-electron chi connectivity index (χ1n) is 9.85. The van der Waals surface area contributed by atoms with Crippen molar-refractivity contribution in [2.24, 2.45) is 5.41 Å². The Morgan fingerprint density at radius 3 is 2.73 bits per heavy atom. The van der Waals surface area contributed by atoms with Crippen molar-refractivity contribution in [2.75, 3.05) is 32.9 Å². The molecule has 1 amide bonds. The number of carboxylic acids is 1. The number of fused-ring (bicyclic) bond motifs is 1. The Morgan fingerprint density at radius 2 is 2.13 bits per heavy atom. The molecule has 30 heavy (non-hydrogen) atoms. The number of hydrogen-bond acceptors (Lipinski definition) is 5. The number of ether oxygens (including phenoxy) is 2. The summed E-state index contributed by atoms with van der Waals surface area (Å²) in [5.41, 5.74) is 0.796. The van der Waals surface area contributed by atoms with E-state index in [4.69, 9.17) is 19.4 Å². The maximum absolute atomic E-state index is 12.7. The van der Waals surface area contributed by atoms with Crippen LogP contribution in [-0.4, -0.2) is 72.1 Å². The van der Waals surface area contributed by atoms with Gasteiger partial charge >= 0.3 is 12.1 Å². The molecule has 1 N–H and O–H groups in total. The number of halogens is 3. The lowest BCUT2D eigenvalue weighted by atomic mass is 9.73. The summed E-state index contributed by atoms with van der Waals surface area (Å²) in [5, 5.41) is 7.12. The van der Waals surface area contributed by atoms with E-state index in [-0.39, 0.29) is 17.4 Å². The fraction of sp³-hybridized carbons (Fsp3) is 0.650. The van der Waals surface area contributed by atoms with E-state index in [1.165, 1.54) is 0 Å². The fourth-order valence-corrected chi connectivity index (χ4v) is 3.79. The van der Waals surface area contributed by atoms with E-state index in [0.717, 1.165) is 44.7 Å². The molecule has 7 nitrogen and oxygen atoms in total. The van der Waals surface area contributed by atoms with Crippen LogP contribution in [0, 0.1) is 5.41 Å². The van der Waals surface area contributed by atoms with Crippen LogP contribution in [0.15, 0.2) is 24.4 Å². The highest BCUT2D eigenvalue weighted by molar-refractivity contribution is 5.78. The predicted octanol–water partition coefficient (Wildman–Crippen LogP) is 2.69. The van der Waals surface area contributed by atoms with Crippen LogP contribution in [0.25, 0.3) is 0 Å². The van der Waals surface area contributed by atoms with Gasteiger partial charge in [-0.3, -0.25) is 9.78 Å². The van der Waals surface area contributed by atoms with Gasteiger partial charge in [0.2, 0.25) is 5.91 Å². The number of piperidine rings is 1. The molecule has 3 heterocycles. The Kier molecular flexibility index (Phi) is 8.60. The van der Waals surface area contributed by atoms with E-state index in [0.29, 0.717) is 19.6 Å². The van der Waals surface area contributed by atoms with Crippen molar-refractivity contribution < 1.29 is 37.3 Å². The van der Waals surface area contributed by atoms with Crippen molar-refractivity contribution in [3.63, 3.8) is 0 Å². The number of carboxylic acid groups (broad SMARTS) is 1. The lowest BCUT2D eigenvalue weighted by Crippen LogP contribution is -2.58. The molecule has 1 aromatic rings. The number of rotatable bonds is 5. The standard InChI is InChI=1S/C18H26N2O3.C2HF3O2/c1-2-22-14-18-8-5-11-23-16(18)7-10-20(13-18)17(21)12-15-6-3-4-9-19-15;3-2(4,5)1(6)7/h3-4,6,9,16H,2,5,7-8,10-14H2,1H3;(H,6,7). The highest BCUT2D eigenvalue weighted by Crippen LogP contribution is 2.40. The van der Waals surface area contributed by atoms with Crippen LogP contribution in [0.1, 0.15) is 31.9 Å². The minimum Gasteiger partial charge on any atom is -0.475 e. The summed E-state index contributed by atoms with van der Waals surface area (Å²) in [6, 6.07) is 5.70. The monoisotopic (exact) mass is 432 g/mol. The van der Waals surface area contributed by atoms with Gasteiger partial charge < -0.3 is 19.5 Å². The van der Waals surface area contributed by atoms with E-state index < -0.39 is 12.1 Å². The third kappa shape index (κ3) is 6.66. The van der Waals surface area contributed by atoms with E-state index in [1.807, 2.05) is 30.0 Å². The molecule has 0 aliphatic carbocycles. The fourth-order valence-electron chi connectivity index (χ4n) is 3.79. The molecule has 2 atom stereocenters. The van der Waals surface area contributed by atoms with Crippen molar-refractivity contribution in [2.45, 2.75) is 44.9 Å². The number of amides is 1. The molecule has 1 aromatic heterocycles. The van der Waals surface area contributed by atoms with Gasteiger partial charge in [0.25, 0.3) is 0 Å². The highest BCUT2D eigenvalue weighted by atomic mass is 19.4. The van der Waals surface area contributed by atoms with Crippen LogP contribution in [0.3, 0.4) is 0 Å². The van der Waals surface area contributed by atoms with Crippen molar-refractivity contribution in [1.29, 1.82) is 0 Å². The summed E-state index contributed by atoms with van der Waals surface area (Å²) in [7, 11) is 0. The third-order valence-electron chi connectivity index (χ3n) is 5.24. The van der Waals surface area contributed by atoms with Gasteiger partial charge in [-0.25, -0.2) is 4.79 Å². The van der Waals surface area contributed by atoms with Gasteiger partial charge in [-0.1, -0.05) is 6.07 Å². The largest absolute Gasteiger partial charge is 0.490 e. The molecule has 168 valence electrons. The van der Waals surface area contributed by atoms with Crippen LogP contribution in [0.5, 0.6) is 0 Å². The number of nitrogens with zero attached hydrogens (tertiary/aromatic N) is 2. The van der Waals surface area contributed by atoms with Crippen molar-refractivity contribution in [1.82, 2.24) is 9.88 Å². The first kappa shape index (κ1) is 24.1. The molecule has 0 radical (unpaired) electrons. The number of hydrogen-bond donors (Lipinski definition) is 1. The normalized spacial score (nSPS) is 23.7. The van der Waals surface area contributed by atoms with Crippen molar-refractivity contribution in [3.05, 3.63) is 30.1 Å². The Hall–Kier alpha value is -2.20. The van der Waals surface area contributed by atoms with Crippen LogP contribution in [-0.2, 0) is 25.5 Å². The second kappa shape index (κ2) is 10.7. The summed E-state index contributed by atoms with van der Waals surface area (Å²) in [6.45, 7) is 5.74. The highest BCUT2D eigenvalue weighted by Gasteiger charge is 2.47. The maximum Gasteiger partial charge on any atom is 0.490 e. The molecule has 2 aliphatic heterocycles. The first-order chi connectivity index (χ1) is 14.2. The van der Waals surface area contributed by atoms with E-state index in [1.54, 1.807) is 6.20 Å². The quantitative estimate of drug-likeness (QED) is 0.770. The molecule has 3 rings (SSSR count). The zero-order chi connectivity index (χ0) is 22.2. The van der Waals surface area contributed by atoms with Gasteiger partial charge in [0.05, 0.1) is 19.1 Å². The first-order valence-corrected chi connectivity index (χ1v) is 9.85. The number of carbonyl (C=O) groups is 2. The van der Waals surface area contributed by atoms with Crippen LogP contribution < -0.4 is 0 Å². The Bertz CT molecular complexity index is 701. The van der Waals surface area contributed by atoms with Gasteiger partial charge in [0.1, 0.15) is 0 Å². The van der Waals surface area contributed by atoms with Gasteiger partial charge in [-0.2, -0.15) is 13.2 Å². The molecular formula is C20H27F3N2O5.